The molecule has 0 saturated carbocycles. The maximum atomic E-state index is 12.2. The van der Waals surface area contributed by atoms with Crippen LogP contribution in [0.3, 0.4) is 0 Å². The largest absolute Gasteiger partial charge is 0.361 e. The molecule has 116 valence electrons. The fourth-order valence-electron chi connectivity index (χ4n) is 2.94. The molecule has 1 aromatic carbocycles. The van der Waals surface area contributed by atoms with E-state index in [4.69, 9.17) is 16.1 Å². The highest BCUT2D eigenvalue weighted by molar-refractivity contribution is 6.30. The molecule has 1 fully saturated rings. The molecule has 1 aliphatic rings. The molecule has 1 saturated heterocycles. The number of rotatable bonds is 5. The summed E-state index contributed by atoms with van der Waals surface area (Å²) in [6, 6.07) is 9.78. The Kier molecular flexibility index (Phi) is 4.78. The van der Waals surface area contributed by atoms with Crippen molar-refractivity contribution >= 4 is 17.5 Å². The topological polar surface area (TPSA) is 46.3 Å². The lowest BCUT2D eigenvalue weighted by Crippen LogP contribution is -2.29. The number of likely N-dealkylation sites (tertiary alicyclic amines) is 1. The number of halogens is 1. The SMILES string of the molecule is O=C(CCc1ccno1)N1CCC(Cc2ccc(Cl)cc2)C1. The van der Waals surface area contributed by atoms with Gasteiger partial charge in [-0.15, -0.1) is 0 Å². The maximum Gasteiger partial charge on any atom is 0.223 e. The third-order valence-electron chi connectivity index (χ3n) is 4.15. The second kappa shape index (κ2) is 6.97. The van der Waals surface area contributed by atoms with Gasteiger partial charge in [0.05, 0.1) is 6.20 Å². The highest BCUT2D eigenvalue weighted by atomic mass is 35.5. The maximum absolute atomic E-state index is 12.2. The Bertz CT molecular complexity index is 610. The molecule has 5 heteroatoms. The van der Waals surface area contributed by atoms with Gasteiger partial charge < -0.3 is 9.42 Å². The van der Waals surface area contributed by atoms with Crippen molar-refractivity contribution in [2.24, 2.45) is 5.92 Å². The van der Waals surface area contributed by atoms with E-state index >= 15 is 0 Å². The fraction of sp³-hybridized carbons (Fsp3) is 0.412. The number of carbonyl (C=O) groups excluding carboxylic acids is 1. The zero-order valence-electron chi connectivity index (χ0n) is 12.4. The first-order chi connectivity index (χ1) is 10.7. The number of carbonyl (C=O) groups is 1. The van der Waals surface area contributed by atoms with Crippen LogP contribution in [-0.4, -0.2) is 29.1 Å². The summed E-state index contributed by atoms with van der Waals surface area (Å²) in [6.45, 7) is 1.70. The zero-order valence-corrected chi connectivity index (χ0v) is 13.1. The lowest BCUT2D eigenvalue weighted by Gasteiger charge is -2.16. The Balaban J connectivity index is 1.47. The lowest BCUT2D eigenvalue weighted by molar-refractivity contribution is -0.130. The molecule has 1 unspecified atom stereocenters. The van der Waals surface area contributed by atoms with Crippen LogP contribution in [0.2, 0.25) is 5.02 Å². The molecule has 0 spiro atoms. The third-order valence-corrected chi connectivity index (χ3v) is 4.40. The normalized spacial score (nSPS) is 17.9. The van der Waals surface area contributed by atoms with Gasteiger partial charge in [0.2, 0.25) is 5.91 Å². The molecule has 2 heterocycles. The monoisotopic (exact) mass is 318 g/mol. The fourth-order valence-corrected chi connectivity index (χ4v) is 3.06. The van der Waals surface area contributed by atoms with Gasteiger partial charge in [-0.25, -0.2) is 0 Å². The van der Waals surface area contributed by atoms with E-state index < -0.39 is 0 Å². The van der Waals surface area contributed by atoms with Crippen molar-refractivity contribution in [2.75, 3.05) is 13.1 Å². The minimum atomic E-state index is 0.204. The van der Waals surface area contributed by atoms with E-state index in [0.717, 1.165) is 36.7 Å². The molecule has 0 aliphatic carbocycles. The smallest absolute Gasteiger partial charge is 0.223 e. The Morgan fingerprint density at radius 3 is 2.86 bits per heavy atom. The van der Waals surface area contributed by atoms with E-state index in [0.29, 0.717) is 18.8 Å². The zero-order chi connectivity index (χ0) is 15.4. The molecular formula is C17H19ClN2O2. The van der Waals surface area contributed by atoms with Crippen molar-refractivity contribution in [1.29, 1.82) is 0 Å². The van der Waals surface area contributed by atoms with Gasteiger partial charge in [-0.3, -0.25) is 4.79 Å². The van der Waals surface area contributed by atoms with Gasteiger partial charge >= 0.3 is 0 Å². The number of nitrogens with zero attached hydrogens (tertiary/aromatic N) is 2. The molecule has 1 atom stereocenters. The molecule has 1 aromatic heterocycles. The second-order valence-corrected chi connectivity index (χ2v) is 6.24. The van der Waals surface area contributed by atoms with Crippen molar-refractivity contribution in [1.82, 2.24) is 10.1 Å². The Hall–Kier alpha value is -1.81. The Labute approximate surface area is 135 Å². The van der Waals surface area contributed by atoms with Crippen molar-refractivity contribution in [3.8, 4) is 0 Å². The van der Waals surface area contributed by atoms with Crippen LogP contribution in [0.25, 0.3) is 0 Å². The average molecular weight is 319 g/mol. The highest BCUT2D eigenvalue weighted by Crippen LogP contribution is 2.22. The Morgan fingerprint density at radius 2 is 2.14 bits per heavy atom. The summed E-state index contributed by atoms with van der Waals surface area (Å²) in [5.41, 5.74) is 1.28. The van der Waals surface area contributed by atoms with Gasteiger partial charge in [0.1, 0.15) is 5.76 Å². The van der Waals surface area contributed by atoms with Crippen molar-refractivity contribution in [3.63, 3.8) is 0 Å². The number of aryl methyl sites for hydroxylation is 1. The molecule has 1 aliphatic heterocycles. The minimum Gasteiger partial charge on any atom is -0.361 e. The van der Waals surface area contributed by atoms with Gasteiger partial charge in [0.25, 0.3) is 0 Å². The summed E-state index contributed by atoms with van der Waals surface area (Å²) in [4.78, 5) is 14.2. The quantitative estimate of drug-likeness (QED) is 0.849. The number of aromatic nitrogens is 1. The van der Waals surface area contributed by atoms with Crippen LogP contribution >= 0.6 is 11.6 Å². The average Bonchev–Trinajstić information content (AvgIpc) is 3.19. The number of benzene rings is 1. The van der Waals surface area contributed by atoms with Gasteiger partial charge in [-0.05, 0) is 36.5 Å². The minimum absolute atomic E-state index is 0.204. The molecule has 0 N–H and O–H groups in total. The first-order valence-corrected chi connectivity index (χ1v) is 8.00. The van der Waals surface area contributed by atoms with E-state index in [1.807, 2.05) is 17.0 Å². The van der Waals surface area contributed by atoms with Crippen molar-refractivity contribution in [3.05, 3.63) is 52.9 Å². The van der Waals surface area contributed by atoms with E-state index in [2.05, 4.69) is 17.3 Å². The van der Waals surface area contributed by atoms with Crippen LogP contribution in [0.1, 0.15) is 24.2 Å². The molecule has 22 heavy (non-hydrogen) atoms. The molecule has 4 nitrogen and oxygen atoms in total. The van der Waals surface area contributed by atoms with Gasteiger partial charge in [0.15, 0.2) is 0 Å². The van der Waals surface area contributed by atoms with Crippen molar-refractivity contribution in [2.45, 2.75) is 25.7 Å². The molecule has 2 aromatic rings. The Morgan fingerprint density at radius 1 is 1.32 bits per heavy atom. The predicted octanol–water partition coefficient (Wildman–Crippen LogP) is 3.35. The van der Waals surface area contributed by atoms with E-state index in [1.54, 1.807) is 12.3 Å². The van der Waals surface area contributed by atoms with Crippen LogP contribution in [0.5, 0.6) is 0 Å². The summed E-state index contributed by atoms with van der Waals surface area (Å²) in [6.07, 6.45) is 4.79. The number of hydrogen-bond acceptors (Lipinski definition) is 3. The van der Waals surface area contributed by atoms with E-state index in [1.165, 1.54) is 5.56 Å². The molecule has 0 bridgehead atoms. The van der Waals surface area contributed by atoms with E-state index in [-0.39, 0.29) is 5.91 Å². The summed E-state index contributed by atoms with van der Waals surface area (Å²) >= 11 is 5.91. The van der Waals surface area contributed by atoms with Crippen LogP contribution in [0, 0.1) is 5.92 Å². The molecule has 1 amide bonds. The third kappa shape index (κ3) is 3.89. The standard InChI is InChI=1S/C17H19ClN2O2/c18-15-3-1-13(2-4-15)11-14-8-10-20(12-14)17(21)6-5-16-7-9-19-22-16/h1-4,7,9,14H,5-6,8,10-12H2. The predicted molar refractivity (Wildman–Crippen MR) is 84.7 cm³/mol. The molecular weight excluding hydrogens is 300 g/mol. The highest BCUT2D eigenvalue weighted by Gasteiger charge is 2.26. The van der Waals surface area contributed by atoms with Crippen LogP contribution in [-0.2, 0) is 17.6 Å². The van der Waals surface area contributed by atoms with Crippen molar-refractivity contribution < 1.29 is 9.32 Å². The first-order valence-electron chi connectivity index (χ1n) is 7.62. The lowest BCUT2D eigenvalue weighted by atomic mass is 9.99. The second-order valence-electron chi connectivity index (χ2n) is 5.80. The van der Waals surface area contributed by atoms with Gasteiger partial charge in [-0.1, -0.05) is 28.9 Å². The molecule has 0 radical (unpaired) electrons. The van der Waals surface area contributed by atoms with E-state index in [9.17, 15) is 4.79 Å². The summed E-state index contributed by atoms with van der Waals surface area (Å²) in [5.74, 6) is 1.51. The summed E-state index contributed by atoms with van der Waals surface area (Å²) < 4.78 is 5.02. The summed E-state index contributed by atoms with van der Waals surface area (Å²) in [7, 11) is 0. The first kappa shape index (κ1) is 15.1. The molecule has 3 rings (SSSR count). The van der Waals surface area contributed by atoms with Crippen LogP contribution in [0.15, 0.2) is 41.1 Å². The van der Waals surface area contributed by atoms with Crippen LogP contribution in [0.4, 0.5) is 0 Å². The number of hydrogen-bond donors (Lipinski definition) is 0. The van der Waals surface area contributed by atoms with Gasteiger partial charge in [-0.2, -0.15) is 0 Å². The van der Waals surface area contributed by atoms with Crippen LogP contribution < -0.4 is 0 Å². The van der Waals surface area contributed by atoms with Gasteiger partial charge in [0, 0.05) is 37.0 Å². The summed E-state index contributed by atoms with van der Waals surface area (Å²) in [5, 5.41) is 4.42. The number of amides is 1.